The van der Waals surface area contributed by atoms with Crippen LogP contribution in [0.15, 0.2) is 12.3 Å². The van der Waals surface area contributed by atoms with Crippen molar-refractivity contribution in [1.82, 2.24) is 15.2 Å². The van der Waals surface area contributed by atoms with E-state index in [1.165, 1.54) is 56.3 Å². The quantitative estimate of drug-likeness (QED) is 0.848. The van der Waals surface area contributed by atoms with Crippen molar-refractivity contribution in [3.05, 3.63) is 23.5 Å². The zero-order valence-corrected chi connectivity index (χ0v) is 15.7. The number of hydrogen-bond donors (Lipinski definition) is 1. The van der Waals surface area contributed by atoms with Crippen LogP contribution in [0.3, 0.4) is 0 Å². The Labute approximate surface area is 156 Å². The Hall–Kier alpha value is -1.17. The number of fused-ring (bicyclic) bond motifs is 1. The molecule has 3 fully saturated rings. The highest BCUT2D eigenvalue weighted by atomic mass is 16.5. The van der Waals surface area contributed by atoms with Crippen LogP contribution in [-0.2, 0) is 11.2 Å². The monoisotopic (exact) mass is 357 g/mol. The smallest absolute Gasteiger partial charge is 0.127 e. The molecule has 1 N–H and O–H groups in total. The Morgan fingerprint density at radius 1 is 1.31 bits per heavy atom. The number of likely N-dealkylation sites (tertiary alicyclic amines) is 1. The Morgan fingerprint density at radius 3 is 3.00 bits per heavy atom. The van der Waals surface area contributed by atoms with E-state index in [-0.39, 0.29) is 5.60 Å². The number of nitrogens with one attached hydrogen (secondary N) is 1. The first kappa shape index (κ1) is 17.0. The summed E-state index contributed by atoms with van der Waals surface area (Å²) in [4.78, 5) is 7.21. The second-order valence-corrected chi connectivity index (χ2v) is 8.58. The van der Waals surface area contributed by atoms with Gasteiger partial charge in [0.25, 0.3) is 0 Å². The van der Waals surface area contributed by atoms with Crippen molar-refractivity contribution in [3.63, 3.8) is 0 Å². The van der Waals surface area contributed by atoms with Gasteiger partial charge in [0.2, 0.25) is 0 Å². The van der Waals surface area contributed by atoms with Crippen molar-refractivity contribution in [1.29, 1.82) is 0 Å². The van der Waals surface area contributed by atoms with Gasteiger partial charge in [-0.05, 0) is 57.6 Å². The van der Waals surface area contributed by atoms with Gasteiger partial charge in [0, 0.05) is 50.5 Å². The maximum Gasteiger partial charge on any atom is 0.127 e. The molecule has 5 rings (SSSR count). The fraction of sp³-hybridized carbons (Fsp3) is 0.762. The zero-order chi connectivity index (χ0) is 17.4. The van der Waals surface area contributed by atoms with Gasteiger partial charge >= 0.3 is 0 Å². The lowest BCUT2D eigenvalue weighted by molar-refractivity contribution is -0.111. The van der Waals surface area contributed by atoms with Crippen LogP contribution in [0.4, 0.5) is 0 Å². The van der Waals surface area contributed by atoms with E-state index in [4.69, 9.17) is 9.47 Å². The fourth-order valence-electron chi connectivity index (χ4n) is 5.00. The molecule has 0 amide bonds. The first-order chi connectivity index (χ1) is 12.8. The van der Waals surface area contributed by atoms with Crippen LogP contribution < -0.4 is 10.1 Å². The minimum absolute atomic E-state index is 0.226. The third-order valence-corrected chi connectivity index (χ3v) is 6.66. The molecule has 1 unspecified atom stereocenters. The second kappa shape index (κ2) is 7.10. The number of nitrogens with zero attached hydrogens (tertiary/aromatic N) is 2. The van der Waals surface area contributed by atoms with Crippen LogP contribution in [0.2, 0.25) is 0 Å². The third kappa shape index (κ3) is 3.25. The van der Waals surface area contributed by atoms with E-state index in [0.29, 0.717) is 12.1 Å². The van der Waals surface area contributed by atoms with Crippen LogP contribution in [0.1, 0.15) is 62.2 Å². The number of aromatic nitrogens is 1. The average Bonchev–Trinajstić information content (AvgIpc) is 3.07. The normalized spacial score (nSPS) is 27.8. The highest BCUT2D eigenvalue weighted by Gasteiger charge is 2.45. The van der Waals surface area contributed by atoms with Crippen LogP contribution >= 0.6 is 0 Å². The van der Waals surface area contributed by atoms with Gasteiger partial charge in [-0.1, -0.05) is 0 Å². The topological polar surface area (TPSA) is 46.6 Å². The van der Waals surface area contributed by atoms with Gasteiger partial charge in [0.15, 0.2) is 0 Å². The Morgan fingerprint density at radius 2 is 2.23 bits per heavy atom. The molecular formula is C21H31N3O2. The standard InChI is InChI=1S/C21H31N3O2/c1-4-16(5-1)26-19-8-11-23-18-7-10-22-17(20(18)19)6-2-12-24-14-21(15-24)9-3-13-25-21/h8,11,16-17,22H,1-7,9-10,12-15H2. The molecule has 5 heteroatoms. The van der Waals surface area contributed by atoms with Gasteiger partial charge in [-0.25, -0.2) is 0 Å². The summed E-state index contributed by atoms with van der Waals surface area (Å²) in [6.45, 7) is 5.45. The Balaban J connectivity index is 1.18. The van der Waals surface area contributed by atoms with Crippen molar-refractivity contribution in [2.75, 3.05) is 32.8 Å². The summed E-state index contributed by atoms with van der Waals surface area (Å²) >= 11 is 0. The van der Waals surface area contributed by atoms with E-state index in [0.717, 1.165) is 44.8 Å². The van der Waals surface area contributed by atoms with Crippen molar-refractivity contribution >= 4 is 0 Å². The number of hydrogen-bond acceptors (Lipinski definition) is 5. The van der Waals surface area contributed by atoms with Crippen molar-refractivity contribution in [2.24, 2.45) is 0 Å². The predicted octanol–water partition coefficient (Wildman–Crippen LogP) is 2.84. The molecule has 26 heavy (non-hydrogen) atoms. The maximum atomic E-state index is 6.30. The van der Waals surface area contributed by atoms with Crippen LogP contribution in [0.5, 0.6) is 5.75 Å². The summed E-state index contributed by atoms with van der Waals surface area (Å²) in [6, 6.07) is 2.47. The number of ether oxygens (including phenoxy) is 2. The first-order valence-electron chi connectivity index (χ1n) is 10.6. The third-order valence-electron chi connectivity index (χ3n) is 6.66. The summed E-state index contributed by atoms with van der Waals surface area (Å²) in [7, 11) is 0. The minimum atomic E-state index is 0.226. The maximum absolute atomic E-state index is 6.30. The van der Waals surface area contributed by atoms with Crippen LogP contribution in [0, 0.1) is 0 Å². The van der Waals surface area contributed by atoms with Crippen LogP contribution in [0.25, 0.3) is 0 Å². The van der Waals surface area contributed by atoms with Gasteiger partial charge in [-0.2, -0.15) is 0 Å². The van der Waals surface area contributed by atoms with E-state index < -0.39 is 0 Å². The van der Waals surface area contributed by atoms with E-state index in [1.807, 2.05) is 6.20 Å². The molecule has 1 aliphatic carbocycles. The van der Waals surface area contributed by atoms with Crippen LogP contribution in [-0.4, -0.2) is 54.4 Å². The van der Waals surface area contributed by atoms with Gasteiger partial charge in [0.1, 0.15) is 5.75 Å². The van der Waals surface area contributed by atoms with Gasteiger partial charge in [-0.15, -0.1) is 0 Å². The molecule has 0 bridgehead atoms. The number of rotatable bonds is 6. The summed E-state index contributed by atoms with van der Waals surface area (Å²) < 4.78 is 12.2. The summed E-state index contributed by atoms with van der Waals surface area (Å²) in [5.74, 6) is 1.08. The highest BCUT2D eigenvalue weighted by molar-refractivity contribution is 5.40. The lowest BCUT2D eigenvalue weighted by atomic mass is 9.90. The van der Waals surface area contributed by atoms with Crippen molar-refractivity contribution in [2.45, 2.75) is 69.1 Å². The molecular weight excluding hydrogens is 326 g/mol. The molecule has 0 aromatic carbocycles. The minimum Gasteiger partial charge on any atom is -0.490 e. The average molecular weight is 357 g/mol. The molecule has 2 saturated heterocycles. The van der Waals surface area contributed by atoms with Gasteiger partial charge in [-0.3, -0.25) is 9.88 Å². The Bertz CT molecular complexity index is 632. The lowest BCUT2D eigenvalue weighted by Crippen LogP contribution is -2.61. The number of pyridine rings is 1. The molecule has 1 aromatic heterocycles. The Kier molecular flexibility index (Phi) is 4.63. The molecule has 1 aromatic rings. The molecule has 3 aliphatic heterocycles. The summed E-state index contributed by atoms with van der Waals surface area (Å²) in [5, 5.41) is 3.72. The largest absolute Gasteiger partial charge is 0.490 e. The molecule has 4 heterocycles. The zero-order valence-electron chi connectivity index (χ0n) is 15.7. The van der Waals surface area contributed by atoms with Crippen molar-refractivity contribution < 1.29 is 9.47 Å². The predicted molar refractivity (Wildman–Crippen MR) is 101 cm³/mol. The summed E-state index contributed by atoms with van der Waals surface area (Å²) in [6.07, 6.45) is 11.9. The molecule has 5 nitrogen and oxygen atoms in total. The SMILES string of the molecule is c1cc(OC2CCC2)c2c(n1)CCNC2CCCN1CC2(CCCO2)C1. The molecule has 4 aliphatic rings. The van der Waals surface area contributed by atoms with Gasteiger partial charge < -0.3 is 14.8 Å². The van der Waals surface area contributed by atoms with E-state index in [9.17, 15) is 0 Å². The first-order valence-corrected chi connectivity index (χ1v) is 10.6. The molecule has 1 atom stereocenters. The fourth-order valence-corrected chi connectivity index (χ4v) is 5.00. The van der Waals surface area contributed by atoms with E-state index in [2.05, 4.69) is 21.3 Å². The van der Waals surface area contributed by atoms with E-state index in [1.54, 1.807) is 0 Å². The second-order valence-electron chi connectivity index (χ2n) is 8.58. The molecule has 142 valence electrons. The van der Waals surface area contributed by atoms with E-state index >= 15 is 0 Å². The molecule has 0 radical (unpaired) electrons. The van der Waals surface area contributed by atoms with Crippen molar-refractivity contribution in [3.8, 4) is 5.75 Å². The summed E-state index contributed by atoms with van der Waals surface area (Å²) in [5.41, 5.74) is 2.81. The highest BCUT2D eigenvalue weighted by Crippen LogP contribution is 2.37. The lowest BCUT2D eigenvalue weighted by Gasteiger charge is -2.47. The molecule has 1 saturated carbocycles. The van der Waals surface area contributed by atoms with Gasteiger partial charge in [0.05, 0.1) is 17.4 Å². The molecule has 1 spiro atoms.